The van der Waals surface area contributed by atoms with Gasteiger partial charge in [-0.3, -0.25) is 4.98 Å². The normalized spacial score (nSPS) is 15.2. The number of methoxy groups -OCH3 is 1. The molecule has 1 saturated heterocycles. The van der Waals surface area contributed by atoms with Crippen molar-refractivity contribution in [3.63, 3.8) is 0 Å². The second kappa shape index (κ2) is 10.0. The molecule has 1 unspecified atom stereocenters. The van der Waals surface area contributed by atoms with Gasteiger partial charge in [-0.15, -0.1) is 5.10 Å². The van der Waals surface area contributed by atoms with E-state index in [1.807, 2.05) is 44.4 Å². The quantitative estimate of drug-likeness (QED) is 0.282. The van der Waals surface area contributed by atoms with Gasteiger partial charge < -0.3 is 14.0 Å². The van der Waals surface area contributed by atoms with Crippen LogP contribution in [0.5, 0.6) is 0 Å². The third-order valence-electron chi connectivity index (χ3n) is 7.72. The van der Waals surface area contributed by atoms with Crippen LogP contribution in [0.15, 0.2) is 60.8 Å². The Balaban J connectivity index is 1.63. The number of benzene rings is 2. The minimum Gasteiger partial charge on any atom is -0.465 e. The predicted octanol–water partition coefficient (Wildman–Crippen LogP) is 5.49. The molecular weight excluding hydrogens is 478 g/mol. The molecule has 5 aromatic rings. The first kappa shape index (κ1) is 24.3. The van der Waals surface area contributed by atoms with Crippen molar-refractivity contribution in [1.82, 2.24) is 24.5 Å². The largest absolute Gasteiger partial charge is 0.465 e. The van der Waals surface area contributed by atoms with E-state index in [4.69, 9.17) is 14.5 Å². The Morgan fingerprint density at radius 2 is 1.89 bits per heavy atom. The summed E-state index contributed by atoms with van der Waals surface area (Å²) in [4.78, 5) is 17.5. The lowest BCUT2D eigenvalue weighted by Crippen LogP contribution is -2.21. The van der Waals surface area contributed by atoms with Gasteiger partial charge in [0.1, 0.15) is 0 Å². The van der Waals surface area contributed by atoms with Gasteiger partial charge in [-0.2, -0.15) is 0 Å². The van der Waals surface area contributed by atoms with Crippen molar-refractivity contribution in [2.45, 2.75) is 32.2 Å². The molecule has 8 heteroatoms. The molecule has 38 heavy (non-hydrogen) atoms. The van der Waals surface area contributed by atoms with Crippen molar-refractivity contribution in [2.75, 3.05) is 20.3 Å². The zero-order chi connectivity index (χ0) is 26.2. The van der Waals surface area contributed by atoms with Crippen LogP contribution >= 0.6 is 0 Å². The molecule has 0 N–H and O–H groups in total. The summed E-state index contributed by atoms with van der Waals surface area (Å²) in [5.74, 6) is 0.180. The van der Waals surface area contributed by atoms with E-state index in [0.717, 1.165) is 71.4 Å². The van der Waals surface area contributed by atoms with Gasteiger partial charge in [0, 0.05) is 37.4 Å². The minimum atomic E-state index is -0.352. The Labute approximate surface area is 221 Å². The van der Waals surface area contributed by atoms with Crippen molar-refractivity contribution in [3.8, 4) is 11.3 Å². The maximum absolute atomic E-state index is 12.5. The molecule has 0 bridgehead atoms. The summed E-state index contributed by atoms with van der Waals surface area (Å²) < 4.78 is 14.9. The number of aromatic nitrogens is 5. The minimum absolute atomic E-state index is 0.0509. The van der Waals surface area contributed by atoms with Crippen LogP contribution in [0.2, 0.25) is 0 Å². The van der Waals surface area contributed by atoms with Crippen LogP contribution in [0.1, 0.15) is 46.9 Å². The topological polar surface area (TPSA) is 84.1 Å². The summed E-state index contributed by atoms with van der Waals surface area (Å²) in [6.07, 6.45) is 4.93. The van der Waals surface area contributed by atoms with E-state index < -0.39 is 0 Å². The average Bonchev–Trinajstić information content (AvgIpc) is 3.47. The summed E-state index contributed by atoms with van der Waals surface area (Å²) in [6, 6.07) is 18.6. The fourth-order valence-corrected chi connectivity index (χ4v) is 5.84. The van der Waals surface area contributed by atoms with E-state index >= 15 is 0 Å². The molecular formula is C30H31N5O3. The van der Waals surface area contributed by atoms with Gasteiger partial charge in [-0.1, -0.05) is 35.5 Å². The van der Waals surface area contributed by atoms with Crippen LogP contribution in [0.3, 0.4) is 0 Å². The van der Waals surface area contributed by atoms with Crippen LogP contribution in [-0.4, -0.2) is 50.8 Å². The summed E-state index contributed by atoms with van der Waals surface area (Å²) >= 11 is 0. The summed E-state index contributed by atoms with van der Waals surface area (Å²) in [5.41, 5.74) is 7.38. The zero-order valence-corrected chi connectivity index (χ0v) is 21.9. The monoisotopic (exact) mass is 509 g/mol. The molecule has 1 aliphatic rings. The highest BCUT2D eigenvalue weighted by molar-refractivity contribution is 6.08. The Kier molecular flexibility index (Phi) is 6.41. The second-order valence-electron chi connectivity index (χ2n) is 10.1. The molecule has 4 heterocycles. The first-order chi connectivity index (χ1) is 18.5. The summed E-state index contributed by atoms with van der Waals surface area (Å²) in [6.45, 7) is 3.55. The molecule has 1 aliphatic heterocycles. The number of rotatable bonds is 6. The van der Waals surface area contributed by atoms with Crippen molar-refractivity contribution >= 4 is 27.9 Å². The smallest absolute Gasteiger partial charge is 0.337 e. The van der Waals surface area contributed by atoms with Crippen molar-refractivity contribution in [1.29, 1.82) is 0 Å². The molecule has 1 atom stereocenters. The van der Waals surface area contributed by atoms with Gasteiger partial charge in [-0.25, -0.2) is 9.48 Å². The van der Waals surface area contributed by atoms with Crippen molar-refractivity contribution in [3.05, 3.63) is 77.6 Å². The van der Waals surface area contributed by atoms with Crippen LogP contribution in [-0.2, 0) is 16.5 Å². The molecule has 1 fully saturated rings. The lowest BCUT2D eigenvalue weighted by atomic mass is 9.89. The molecule has 0 aliphatic carbocycles. The summed E-state index contributed by atoms with van der Waals surface area (Å²) in [7, 11) is 3.31. The van der Waals surface area contributed by atoms with Gasteiger partial charge in [-0.05, 0) is 61.9 Å². The molecule has 2 aromatic carbocycles. The van der Waals surface area contributed by atoms with Crippen molar-refractivity contribution in [2.24, 2.45) is 13.0 Å². The highest BCUT2D eigenvalue weighted by atomic mass is 16.5. The van der Waals surface area contributed by atoms with E-state index in [-0.39, 0.29) is 12.0 Å². The first-order valence-corrected chi connectivity index (χ1v) is 13.1. The van der Waals surface area contributed by atoms with E-state index in [1.165, 1.54) is 12.7 Å². The lowest BCUT2D eigenvalue weighted by Gasteiger charge is -2.29. The predicted molar refractivity (Wildman–Crippen MR) is 146 cm³/mol. The highest BCUT2D eigenvalue weighted by Gasteiger charge is 2.27. The third kappa shape index (κ3) is 4.24. The maximum Gasteiger partial charge on any atom is 0.337 e. The number of pyridine rings is 1. The van der Waals surface area contributed by atoms with Gasteiger partial charge in [0.25, 0.3) is 0 Å². The molecule has 8 nitrogen and oxygen atoms in total. The number of nitrogens with zero attached hydrogens (tertiary/aromatic N) is 5. The third-order valence-corrected chi connectivity index (χ3v) is 7.72. The number of carbonyl (C=O) groups is 1. The molecule has 3 aromatic heterocycles. The van der Waals surface area contributed by atoms with E-state index in [1.54, 1.807) is 4.68 Å². The average molecular weight is 510 g/mol. The number of hydrogen-bond acceptors (Lipinski definition) is 6. The number of esters is 1. The molecule has 194 valence electrons. The van der Waals surface area contributed by atoms with Gasteiger partial charge >= 0.3 is 5.97 Å². The molecule has 0 amide bonds. The Morgan fingerprint density at radius 1 is 1.11 bits per heavy atom. The SMILES string of the molecule is COC(=O)c1ccc2c3ncc(-c4c(C)nnn4C)cc3n(C(CC3CCOCC3)c3ccccc3)c2c1. The van der Waals surface area contributed by atoms with Gasteiger partial charge in [0.2, 0.25) is 0 Å². The van der Waals surface area contributed by atoms with Gasteiger partial charge in [0.05, 0.1) is 46.7 Å². The van der Waals surface area contributed by atoms with Crippen LogP contribution in [0.4, 0.5) is 0 Å². The molecule has 0 radical (unpaired) electrons. The molecule has 0 spiro atoms. The van der Waals surface area contributed by atoms with Crippen LogP contribution in [0.25, 0.3) is 33.2 Å². The number of aryl methyl sites for hydroxylation is 2. The van der Waals surface area contributed by atoms with E-state index in [9.17, 15) is 4.79 Å². The second-order valence-corrected chi connectivity index (χ2v) is 10.1. The van der Waals surface area contributed by atoms with Gasteiger partial charge in [0.15, 0.2) is 0 Å². The number of carbonyl (C=O) groups excluding carboxylic acids is 1. The Bertz CT molecular complexity index is 1600. The fraction of sp³-hybridized carbons (Fsp3) is 0.333. The number of ether oxygens (including phenoxy) is 2. The Hall–Kier alpha value is -4.04. The van der Waals surface area contributed by atoms with E-state index in [2.05, 4.69) is 45.2 Å². The zero-order valence-electron chi connectivity index (χ0n) is 21.9. The Morgan fingerprint density at radius 3 is 2.61 bits per heavy atom. The number of hydrogen-bond donors (Lipinski definition) is 0. The van der Waals surface area contributed by atoms with Crippen molar-refractivity contribution < 1.29 is 14.3 Å². The van der Waals surface area contributed by atoms with Crippen LogP contribution < -0.4 is 0 Å². The molecule has 0 saturated carbocycles. The first-order valence-electron chi connectivity index (χ1n) is 13.1. The number of fused-ring (bicyclic) bond motifs is 3. The van der Waals surface area contributed by atoms with Crippen LogP contribution in [0, 0.1) is 12.8 Å². The summed E-state index contributed by atoms with van der Waals surface area (Å²) in [5, 5.41) is 9.47. The lowest BCUT2D eigenvalue weighted by molar-refractivity contribution is 0.0599. The molecule has 6 rings (SSSR count). The highest BCUT2D eigenvalue weighted by Crippen LogP contribution is 2.39. The fourth-order valence-electron chi connectivity index (χ4n) is 5.84. The standard InChI is InChI=1S/C30H31N5O3/c1-19-29(34(2)33-32-19)23-17-27-28(31-18-23)24-10-9-22(30(36)37-3)16-26(24)35(27)25(21-7-5-4-6-8-21)15-20-11-13-38-14-12-20/h4-10,16-18,20,25H,11-15H2,1-3H3. The maximum atomic E-state index is 12.5. The van der Waals surface area contributed by atoms with E-state index in [0.29, 0.717) is 11.5 Å².